The summed E-state index contributed by atoms with van der Waals surface area (Å²) in [5.74, 6) is 1.10. The van der Waals surface area contributed by atoms with Gasteiger partial charge in [0.25, 0.3) is 5.89 Å². The molecular weight excluding hydrogens is 356 g/mol. The van der Waals surface area contributed by atoms with Crippen molar-refractivity contribution in [1.29, 1.82) is 0 Å². The molecule has 1 aromatic carbocycles. The first-order valence-corrected chi connectivity index (χ1v) is 8.59. The van der Waals surface area contributed by atoms with E-state index in [0.29, 0.717) is 29.6 Å². The fraction of sp³-hybridized carbons (Fsp3) is 0.167. The minimum atomic E-state index is -0.527. The normalized spacial score (nSPS) is 10.3. The van der Waals surface area contributed by atoms with Gasteiger partial charge in [-0.25, -0.2) is 4.79 Å². The molecule has 26 heavy (non-hydrogen) atoms. The largest absolute Gasteiger partial charge is 0.493 e. The van der Waals surface area contributed by atoms with Gasteiger partial charge in [-0.2, -0.15) is 16.3 Å². The van der Waals surface area contributed by atoms with E-state index in [2.05, 4.69) is 16.7 Å². The quantitative estimate of drug-likeness (QED) is 0.440. The molecule has 0 radical (unpaired) electrons. The number of thiophene rings is 1. The van der Waals surface area contributed by atoms with Gasteiger partial charge in [-0.15, -0.1) is 0 Å². The van der Waals surface area contributed by atoms with E-state index in [0.717, 1.165) is 5.56 Å². The van der Waals surface area contributed by atoms with Gasteiger partial charge in [-0.05, 0) is 29.6 Å². The van der Waals surface area contributed by atoms with E-state index < -0.39 is 5.97 Å². The summed E-state index contributed by atoms with van der Waals surface area (Å²) >= 11 is 1.53. The van der Waals surface area contributed by atoms with Gasteiger partial charge in [0.05, 0.1) is 18.2 Å². The zero-order valence-corrected chi connectivity index (χ0v) is 14.8. The Kier molecular flexibility index (Phi) is 5.65. The lowest BCUT2D eigenvalue weighted by Crippen LogP contribution is -2.07. The molecule has 0 atom stereocenters. The lowest BCUT2D eigenvalue weighted by Gasteiger charge is -2.10. The summed E-state index contributed by atoms with van der Waals surface area (Å²) in [6.07, 6.45) is 1.62. The van der Waals surface area contributed by atoms with Crippen LogP contribution in [0.15, 0.2) is 52.2 Å². The van der Waals surface area contributed by atoms with E-state index in [1.54, 1.807) is 24.3 Å². The van der Waals surface area contributed by atoms with Crippen LogP contribution in [-0.4, -0.2) is 29.8 Å². The molecule has 0 saturated heterocycles. The van der Waals surface area contributed by atoms with Crippen molar-refractivity contribution in [2.24, 2.45) is 0 Å². The van der Waals surface area contributed by atoms with Crippen LogP contribution in [0.1, 0.15) is 16.2 Å². The maximum absolute atomic E-state index is 12.2. The van der Waals surface area contributed by atoms with E-state index in [-0.39, 0.29) is 12.4 Å². The van der Waals surface area contributed by atoms with E-state index in [1.807, 2.05) is 16.8 Å². The maximum atomic E-state index is 12.2. The molecule has 0 aliphatic heterocycles. The van der Waals surface area contributed by atoms with E-state index >= 15 is 0 Å². The number of hydrogen-bond acceptors (Lipinski definition) is 8. The highest BCUT2D eigenvalue weighted by Crippen LogP contribution is 2.28. The van der Waals surface area contributed by atoms with E-state index in [4.69, 9.17) is 18.7 Å². The van der Waals surface area contributed by atoms with Crippen molar-refractivity contribution < 1.29 is 23.5 Å². The highest BCUT2D eigenvalue weighted by molar-refractivity contribution is 7.08. The van der Waals surface area contributed by atoms with Gasteiger partial charge >= 0.3 is 5.97 Å². The molecule has 0 aliphatic carbocycles. The number of aromatic nitrogens is 2. The van der Waals surface area contributed by atoms with Crippen molar-refractivity contribution in [3.63, 3.8) is 0 Å². The van der Waals surface area contributed by atoms with Crippen LogP contribution >= 0.6 is 11.3 Å². The van der Waals surface area contributed by atoms with E-state index in [1.165, 1.54) is 18.4 Å². The maximum Gasteiger partial charge on any atom is 0.338 e. The van der Waals surface area contributed by atoms with Crippen molar-refractivity contribution in [3.8, 4) is 23.0 Å². The van der Waals surface area contributed by atoms with Crippen molar-refractivity contribution in [2.45, 2.75) is 6.61 Å². The first-order valence-electron chi connectivity index (χ1n) is 7.65. The summed E-state index contributed by atoms with van der Waals surface area (Å²) in [4.78, 5) is 16.4. The monoisotopic (exact) mass is 372 g/mol. The molecule has 0 N–H and O–H groups in total. The molecule has 0 aliphatic rings. The third-order valence-corrected chi connectivity index (χ3v) is 4.01. The first-order chi connectivity index (χ1) is 12.7. The molecule has 7 nitrogen and oxygen atoms in total. The fourth-order valence-electron chi connectivity index (χ4n) is 2.09. The Labute approximate surface area is 153 Å². The summed E-state index contributed by atoms with van der Waals surface area (Å²) in [6, 6.07) is 6.66. The van der Waals surface area contributed by atoms with Crippen molar-refractivity contribution in [3.05, 3.63) is 59.1 Å². The van der Waals surface area contributed by atoms with Crippen LogP contribution in [0, 0.1) is 0 Å². The third-order valence-electron chi connectivity index (χ3n) is 3.32. The van der Waals surface area contributed by atoms with Crippen molar-refractivity contribution in [1.82, 2.24) is 10.1 Å². The van der Waals surface area contributed by atoms with Crippen LogP contribution in [0.4, 0.5) is 0 Å². The zero-order valence-electron chi connectivity index (χ0n) is 14.0. The Balaban J connectivity index is 1.63. The second-order valence-electron chi connectivity index (χ2n) is 5.07. The minimum absolute atomic E-state index is 0.0937. The smallest absolute Gasteiger partial charge is 0.338 e. The Bertz CT molecular complexity index is 889. The van der Waals surface area contributed by atoms with Gasteiger partial charge in [0.1, 0.15) is 6.61 Å². The lowest BCUT2D eigenvalue weighted by molar-refractivity contribution is 0.0459. The second-order valence-corrected chi connectivity index (χ2v) is 5.85. The average Bonchev–Trinajstić information content (AvgIpc) is 3.35. The molecular formula is C18H16N2O5S. The van der Waals surface area contributed by atoms with Crippen LogP contribution < -0.4 is 9.47 Å². The summed E-state index contributed by atoms with van der Waals surface area (Å²) in [5, 5.41) is 7.61. The summed E-state index contributed by atoms with van der Waals surface area (Å²) < 4.78 is 21.1. The Morgan fingerprint density at radius 2 is 2.23 bits per heavy atom. The molecule has 0 bridgehead atoms. The standard InChI is InChI=1S/C18H16N2O5S/c1-3-7-23-14-5-4-12(9-15(14)22-2)18(21)24-10-16-19-17(25-20-16)13-6-8-26-11-13/h3-6,8-9,11H,1,7,10H2,2H3. The van der Waals surface area contributed by atoms with Crippen LogP contribution in [0.3, 0.4) is 0 Å². The Morgan fingerprint density at radius 3 is 2.96 bits per heavy atom. The molecule has 3 rings (SSSR count). The number of methoxy groups -OCH3 is 1. The highest BCUT2D eigenvalue weighted by atomic mass is 32.1. The predicted octanol–water partition coefficient (Wildman–Crippen LogP) is 3.73. The van der Waals surface area contributed by atoms with Gasteiger partial charge in [0, 0.05) is 5.38 Å². The molecule has 3 aromatic rings. The van der Waals surface area contributed by atoms with Crippen LogP contribution in [0.25, 0.3) is 11.5 Å². The van der Waals surface area contributed by atoms with Crippen molar-refractivity contribution in [2.75, 3.05) is 13.7 Å². The fourth-order valence-corrected chi connectivity index (χ4v) is 2.72. The van der Waals surface area contributed by atoms with Crippen LogP contribution in [0.2, 0.25) is 0 Å². The predicted molar refractivity (Wildman–Crippen MR) is 95.4 cm³/mol. The van der Waals surface area contributed by atoms with Gasteiger partial charge in [0.15, 0.2) is 18.1 Å². The molecule has 0 spiro atoms. The molecule has 0 amide bonds. The molecule has 2 aromatic heterocycles. The van der Waals surface area contributed by atoms with Gasteiger partial charge in [0.2, 0.25) is 5.82 Å². The number of carbonyl (C=O) groups excluding carboxylic acids is 1. The minimum Gasteiger partial charge on any atom is -0.493 e. The van der Waals surface area contributed by atoms with Crippen LogP contribution in [0.5, 0.6) is 11.5 Å². The molecule has 0 saturated carbocycles. The number of esters is 1. The topological polar surface area (TPSA) is 83.7 Å². The third kappa shape index (κ3) is 4.09. The van der Waals surface area contributed by atoms with Gasteiger partial charge < -0.3 is 18.7 Å². The summed E-state index contributed by atoms with van der Waals surface area (Å²) in [7, 11) is 1.50. The first kappa shape index (κ1) is 17.7. The van der Waals surface area contributed by atoms with Crippen molar-refractivity contribution >= 4 is 17.3 Å². The summed E-state index contributed by atoms with van der Waals surface area (Å²) in [5.41, 5.74) is 1.16. The summed E-state index contributed by atoms with van der Waals surface area (Å²) in [6.45, 7) is 3.83. The highest BCUT2D eigenvalue weighted by Gasteiger charge is 2.15. The zero-order chi connectivity index (χ0) is 18.4. The number of nitrogens with zero attached hydrogens (tertiary/aromatic N) is 2. The molecule has 134 valence electrons. The Morgan fingerprint density at radius 1 is 1.35 bits per heavy atom. The number of ether oxygens (including phenoxy) is 3. The Hall–Kier alpha value is -3.13. The molecule has 0 fully saturated rings. The molecule has 0 unspecified atom stereocenters. The number of carbonyl (C=O) groups is 1. The van der Waals surface area contributed by atoms with E-state index in [9.17, 15) is 4.79 Å². The SMILES string of the molecule is C=CCOc1ccc(C(=O)OCc2noc(-c3ccsc3)n2)cc1OC. The number of rotatable bonds is 8. The van der Waals surface area contributed by atoms with Crippen LogP contribution in [-0.2, 0) is 11.3 Å². The number of hydrogen-bond donors (Lipinski definition) is 0. The molecule has 8 heteroatoms. The molecule has 2 heterocycles. The van der Waals surface area contributed by atoms with Gasteiger partial charge in [-0.1, -0.05) is 17.8 Å². The van der Waals surface area contributed by atoms with Gasteiger partial charge in [-0.3, -0.25) is 0 Å². The lowest BCUT2D eigenvalue weighted by atomic mass is 10.2. The number of benzene rings is 1. The second kappa shape index (κ2) is 8.30. The average molecular weight is 372 g/mol.